The van der Waals surface area contributed by atoms with Gasteiger partial charge in [-0.2, -0.15) is 0 Å². The minimum absolute atomic E-state index is 0.258. The van der Waals surface area contributed by atoms with Gasteiger partial charge in [-0.3, -0.25) is 4.98 Å². The van der Waals surface area contributed by atoms with Gasteiger partial charge in [-0.1, -0.05) is 25.0 Å². The fourth-order valence-electron chi connectivity index (χ4n) is 2.44. The highest BCUT2D eigenvalue weighted by atomic mass is 19.1. The molecule has 1 saturated heterocycles. The first-order chi connectivity index (χ1) is 12.2. The van der Waals surface area contributed by atoms with Crippen LogP contribution in [0.3, 0.4) is 0 Å². The Labute approximate surface area is 147 Å². The SMILES string of the molecule is CCC=C[C@H]1CO[C@H](C#Cc2ccc(-c3ccc(F)cc3)nc2)OC1. The second-order valence-corrected chi connectivity index (χ2v) is 5.80. The van der Waals surface area contributed by atoms with Gasteiger partial charge in [0, 0.05) is 23.2 Å². The number of pyridine rings is 1. The van der Waals surface area contributed by atoms with Crippen molar-refractivity contribution >= 4 is 0 Å². The molecule has 2 heterocycles. The number of allylic oxidation sites excluding steroid dienone is 1. The van der Waals surface area contributed by atoms with Gasteiger partial charge in [-0.25, -0.2) is 4.39 Å². The predicted octanol–water partition coefficient (Wildman–Crippen LogP) is 4.19. The summed E-state index contributed by atoms with van der Waals surface area (Å²) in [4.78, 5) is 4.37. The summed E-state index contributed by atoms with van der Waals surface area (Å²) in [6.45, 7) is 3.35. The molecule has 2 aromatic rings. The number of benzene rings is 1. The molecule has 1 aromatic carbocycles. The number of nitrogens with zero attached hydrogens (tertiary/aromatic N) is 1. The zero-order valence-corrected chi connectivity index (χ0v) is 14.1. The van der Waals surface area contributed by atoms with Crippen LogP contribution in [0.1, 0.15) is 18.9 Å². The highest BCUT2D eigenvalue weighted by Gasteiger charge is 2.18. The van der Waals surface area contributed by atoms with Crippen LogP contribution in [0, 0.1) is 23.6 Å². The van der Waals surface area contributed by atoms with Gasteiger partial charge in [-0.15, -0.1) is 0 Å². The smallest absolute Gasteiger partial charge is 0.222 e. The molecular weight excluding hydrogens is 317 g/mol. The van der Waals surface area contributed by atoms with Crippen LogP contribution >= 0.6 is 0 Å². The lowest BCUT2D eigenvalue weighted by atomic mass is 10.1. The molecular formula is C21H20FNO2. The Morgan fingerprint density at radius 1 is 1.16 bits per heavy atom. The summed E-state index contributed by atoms with van der Waals surface area (Å²) in [6, 6.07) is 10.0. The van der Waals surface area contributed by atoms with Crippen LogP contribution in [0.5, 0.6) is 0 Å². The van der Waals surface area contributed by atoms with Crippen LogP contribution < -0.4 is 0 Å². The van der Waals surface area contributed by atoms with E-state index in [4.69, 9.17) is 9.47 Å². The van der Waals surface area contributed by atoms with Crippen LogP contribution in [-0.2, 0) is 9.47 Å². The second kappa shape index (κ2) is 8.57. The standard InChI is InChI=1S/C21H20FNO2/c1-2-3-4-17-14-24-21(25-15-17)12-6-16-5-11-20(23-13-16)18-7-9-19(22)10-8-18/h3-5,7-11,13,17,21H,2,14-15H2,1H3/t17-,21-. The maximum atomic E-state index is 13.0. The van der Waals surface area contributed by atoms with Gasteiger partial charge in [0.25, 0.3) is 0 Å². The van der Waals surface area contributed by atoms with Gasteiger partial charge in [-0.05, 0) is 48.7 Å². The van der Waals surface area contributed by atoms with Crippen molar-refractivity contribution in [2.45, 2.75) is 19.6 Å². The van der Waals surface area contributed by atoms with E-state index in [2.05, 4.69) is 35.9 Å². The van der Waals surface area contributed by atoms with Gasteiger partial charge in [0.1, 0.15) is 5.82 Å². The topological polar surface area (TPSA) is 31.4 Å². The van der Waals surface area contributed by atoms with Crippen molar-refractivity contribution in [3.8, 4) is 23.1 Å². The van der Waals surface area contributed by atoms with Gasteiger partial charge in [0.2, 0.25) is 6.29 Å². The molecule has 3 nitrogen and oxygen atoms in total. The minimum atomic E-state index is -0.497. The highest BCUT2D eigenvalue weighted by molar-refractivity contribution is 5.59. The maximum Gasteiger partial charge on any atom is 0.222 e. The third-order valence-corrected chi connectivity index (χ3v) is 3.81. The Morgan fingerprint density at radius 3 is 2.56 bits per heavy atom. The largest absolute Gasteiger partial charge is 0.341 e. The number of ether oxygens (including phenoxy) is 2. The predicted molar refractivity (Wildman–Crippen MR) is 95.1 cm³/mol. The highest BCUT2D eigenvalue weighted by Crippen LogP contribution is 2.17. The van der Waals surface area contributed by atoms with Crippen LogP contribution in [0.2, 0.25) is 0 Å². The third kappa shape index (κ3) is 4.99. The first kappa shape index (κ1) is 17.3. The summed E-state index contributed by atoms with van der Waals surface area (Å²) in [6.07, 6.45) is 6.46. The summed E-state index contributed by atoms with van der Waals surface area (Å²) < 4.78 is 24.2. The zero-order valence-electron chi connectivity index (χ0n) is 14.1. The molecule has 0 radical (unpaired) electrons. The Balaban J connectivity index is 1.58. The molecule has 1 fully saturated rings. The summed E-state index contributed by atoms with van der Waals surface area (Å²) in [5.41, 5.74) is 2.43. The van der Waals surface area contributed by atoms with E-state index in [1.165, 1.54) is 12.1 Å². The van der Waals surface area contributed by atoms with E-state index in [-0.39, 0.29) is 5.82 Å². The molecule has 3 rings (SSSR count). The van der Waals surface area contributed by atoms with E-state index in [0.717, 1.165) is 23.2 Å². The van der Waals surface area contributed by atoms with E-state index >= 15 is 0 Å². The molecule has 0 amide bonds. The molecule has 1 aliphatic heterocycles. The van der Waals surface area contributed by atoms with Crippen molar-refractivity contribution in [1.82, 2.24) is 4.98 Å². The van der Waals surface area contributed by atoms with E-state index in [0.29, 0.717) is 19.1 Å². The molecule has 4 heteroatoms. The summed E-state index contributed by atoms with van der Waals surface area (Å²) in [7, 11) is 0. The van der Waals surface area contributed by atoms with E-state index in [9.17, 15) is 4.39 Å². The normalized spacial score (nSPS) is 20.2. The van der Waals surface area contributed by atoms with Crippen LogP contribution in [0.15, 0.2) is 54.7 Å². The average molecular weight is 337 g/mol. The average Bonchev–Trinajstić information content (AvgIpc) is 2.67. The number of hydrogen-bond donors (Lipinski definition) is 0. The molecule has 25 heavy (non-hydrogen) atoms. The van der Waals surface area contributed by atoms with Gasteiger partial charge in [0.15, 0.2) is 0 Å². The molecule has 0 unspecified atom stereocenters. The second-order valence-electron chi connectivity index (χ2n) is 5.80. The Hall–Kier alpha value is -2.48. The molecule has 0 saturated carbocycles. The lowest BCUT2D eigenvalue weighted by molar-refractivity contribution is -0.160. The first-order valence-corrected chi connectivity index (χ1v) is 8.38. The van der Waals surface area contributed by atoms with Crippen molar-refractivity contribution in [2.24, 2.45) is 5.92 Å². The fraction of sp³-hybridized carbons (Fsp3) is 0.286. The quantitative estimate of drug-likeness (QED) is 0.621. The maximum absolute atomic E-state index is 13.0. The molecule has 128 valence electrons. The first-order valence-electron chi connectivity index (χ1n) is 8.38. The van der Waals surface area contributed by atoms with Crippen molar-refractivity contribution < 1.29 is 13.9 Å². The molecule has 0 spiro atoms. The third-order valence-electron chi connectivity index (χ3n) is 3.81. The molecule has 0 bridgehead atoms. The lowest BCUT2D eigenvalue weighted by Crippen LogP contribution is -2.30. The molecule has 0 N–H and O–H groups in total. The van der Waals surface area contributed by atoms with Gasteiger partial charge < -0.3 is 9.47 Å². The monoisotopic (exact) mass is 337 g/mol. The van der Waals surface area contributed by atoms with Crippen LogP contribution in [-0.4, -0.2) is 24.5 Å². The van der Waals surface area contributed by atoms with E-state index < -0.39 is 6.29 Å². The molecule has 0 aliphatic carbocycles. The Morgan fingerprint density at radius 2 is 1.92 bits per heavy atom. The number of aromatic nitrogens is 1. The number of hydrogen-bond acceptors (Lipinski definition) is 3. The van der Waals surface area contributed by atoms with E-state index in [1.54, 1.807) is 18.3 Å². The molecule has 1 aliphatic rings. The van der Waals surface area contributed by atoms with Crippen molar-refractivity contribution in [1.29, 1.82) is 0 Å². The summed E-state index contributed by atoms with van der Waals surface area (Å²) in [5.74, 6) is 6.04. The zero-order chi connectivity index (χ0) is 17.5. The number of rotatable bonds is 3. The molecule has 1 aromatic heterocycles. The van der Waals surface area contributed by atoms with Crippen LogP contribution in [0.4, 0.5) is 4.39 Å². The molecule has 0 atom stereocenters. The van der Waals surface area contributed by atoms with Gasteiger partial charge >= 0.3 is 0 Å². The Kier molecular flexibility index (Phi) is 5.95. The Bertz CT molecular complexity index is 764. The van der Waals surface area contributed by atoms with Crippen LogP contribution in [0.25, 0.3) is 11.3 Å². The lowest BCUT2D eigenvalue weighted by Gasteiger charge is -2.24. The van der Waals surface area contributed by atoms with Crippen molar-refractivity contribution in [3.05, 3.63) is 66.1 Å². The summed E-state index contributed by atoms with van der Waals surface area (Å²) >= 11 is 0. The number of halogens is 1. The summed E-state index contributed by atoms with van der Waals surface area (Å²) in [5, 5.41) is 0. The minimum Gasteiger partial charge on any atom is -0.341 e. The van der Waals surface area contributed by atoms with Crippen molar-refractivity contribution in [2.75, 3.05) is 13.2 Å². The fourth-order valence-corrected chi connectivity index (χ4v) is 2.44. The van der Waals surface area contributed by atoms with Gasteiger partial charge in [0.05, 0.1) is 18.9 Å². The van der Waals surface area contributed by atoms with E-state index in [1.807, 2.05) is 12.1 Å². The van der Waals surface area contributed by atoms with Crippen molar-refractivity contribution in [3.63, 3.8) is 0 Å².